The van der Waals surface area contributed by atoms with Crippen LogP contribution in [0.1, 0.15) is 45.5 Å². The third-order valence-corrected chi connectivity index (χ3v) is 5.58. The van der Waals surface area contributed by atoms with Gasteiger partial charge < -0.3 is 5.32 Å². The topological polar surface area (TPSA) is 64.7 Å². The zero-order chi connectivity index (χ0) is 21.8. The van der Waals surface area contributed by atoms with Crippen molar-refractivity contribution in [2.24, 2.45) is 0 Å². The molecular weight excluding hydrogens is 386 g/mol. The molecule has 0 aliphatic heterocycles. The Balaban J connectivity index is 1.50. The van der Waals surface area contributed by atoms with Gasteiger partial charge in [-0.2, -0.15) is 10.2 Å². The SMILES string of the molecule is CCc1c(C(=O)NCc2c(C)nn(Cc3ccccc3)c2C)cnn1-c1ccccc1. The number of aromatic nitrogens is 4. The van der Waals surface area contributed by atoms with Crippen molar-refractivity contribution in [1.29, 1.82) is 0 Å². The van der Waals surface area contributed by atoms with Crippen LogP contribution < -0.4 is 5.32 Å². The predicted octanol–water partition coefficient (Wildman–Crippen LogP) is 4.23. The highest BCUT2D eigenvalue weighted by molar-refractivity contribution is 5.95. The minimum Gasteiger partial charge on any atom is -0.348 e. The summed E-state index contributed by atoms with van der Waals surface area (Å²) in [6, 6.07) is 20.1. The lowest BCUT2D eigenvalue weighted by Gasteiger charge is -2.09. The minimum absolute atomic E-state index is 0.117. The van der Waals surface area contributed by atoms with E-state index in [0.29, 0.717) is 25.1 Å². The summed E-state index contributed by atoms with van der Waals surface area (Å²) in [5, 5.41) is 12.2. The highest BCUT2D eigenvalue weighted by Gasteiger charge is 2.18. The van der Waals surface area contributed by atoms with Gasteiger partial charge in [0.1, 0.15) is 0 Å². The van der Waals surface area contributed by atoms with Crippen LogP contribution in [-0.4, -0.2) is 25.5 Å². The van der Waals surface area contributed by atoms with Crippen LogP contribution in [0, 0.1) is 13.8 Å². The summed E-state index contributed by atoms with van der Waals surface area (Å²) in [6.07, 6.45) is 2.37. The molecule has 0 saturated carbocycles. The van der Waals surface area contributed by atoms with Crippen LogP contribution >= 0.6 is 0 Å². The number of carbonyl (C=O) groups excluding carboxylic acids is 1. The molecule has 0 saturated heterocycles. The molecule has 0 bridgehead atoms. The molecule has 0 aliphatic rings. The Bertz CT molecular complexity index is 1180. The third kappa shape index (κ3) is 4.28. The number of rotatable bonds is 7. The maximum atomic E-state index is 13.0. The summed E-state index contributed by atoms with van der Waals surface area (Å²) in [4.78, 5) is 13.0. The van der Waals surface area contributed by atoms with E-state index in [1.165, 1.54) is 5.56 Å². The maximum absolute atomic E-state index is 13.0. The van der Waals surface area contributed by atoms with Gasteiger partial charge in [-0.15, -0.1) is 0 Å². The molecule has 4 aromatic rings. The van der Waals surface area contributed by atoms with E-state index in [9.17, 15) is 4.79 Å². The van der Waals surface area contributed by atoms with Crippen LogP contribution in [0.25, 0.3) is 5.69 Å². The predicted molar refractivity (Wildman–Crippen MR) is 121 cm³/mol. The zero-order valence-electron chi connectivity index (χ0n) is 18.2. The lowest BCUT2D eigenvalue weighted by molar-refractivity contribution is 0.0950. The monoisotopic (exact) mass is 413 g/mol. The van der Waals surface area contributed by atoms with E-state index >= 15 is 0 Å². The summed E-state index contributed by atoms with van der Waals surface area (Å²) in [7, 11) is 0. The zero-order valence-corrected chi connectivity index (χ0v) is 18.2. The molecule has 4 rings (SSSR count). The van der Waals surface area contributed by atoms with Gasteiger partial charge in [0.05, 0.1) is 35.4 Å². The first-order valence-electron chi connectivity index (χ1n) is 10.6. The van der Waals surface area contributed by atoms with Crippen molar-refractivity contribution in [2.75, 3.05) is 0 Å². The summed E-state index contributed by atoms with van der Waals surface area (Å²) in [5.74, 6) is -0.117. The molecular formula is C25H27N5O. The fraction of sp³-hybridized carbons (Fsp3) is 0.240. The Morgan fingerprint density at radius 2 is 1.68 bits per heavy atom. The van der Waals surface area contributed by atoms with E-state index in [1.54, 1.807) is 6.20 Å². The smallest absolute Gasteiger partial charge is 0.255 e. The van der Waals surface area contributed by atoms with Crippen LogP contribution in [0.3, 0.4) is 0 Å². The van der Waals surface area contributed by atoms with Gasteiger partial charge >= 0.3 is 0 Å². The van der Waals surface area contributed by atoms with Crippen molar-refractivity contribution in [3.05, 3.63) is 101 Å². The molecule has 0 aliphatic carbocycles. The number of nitrogens with zero attached hydrogens (tertiary/aromatic N) is 4. The second kappa shape index (κ2) is 9.00. The minimum atomic E-state index is -0.117. The van der Waals surface area contributed by atoms with Crippen LogP contribution in [0.15, 0.2) is 66.9 Å². The van der Waals surface area contributed by atoms with Gasteiger partial charge in [0.2, 0.25) is 0 Å². The molecule has 1 amide bonds. The number of hydrogen-bond donors (Lipinski definition) is 1. The molecule has 2 aromatic carbocycles. The van der Waals surface area contributed by atoms with Gasteiger partial charge in [-0.25, -0.2) is 4.68 Å². The molecule has 0 radical (unpaired) electrons. The molecule has 6 heteroatoms. The van der Waals surface area contributed by atoms with Crippen LogP contribution in [0.5, 0.6) is 0 Å². The molecule has 6 nitrogen and oxygen atoms in total. The van der Waals surface area contributed by atoms with Crippen molar-refractivity contribution >= 4 is 5.91 Å². The number of nitrogens with one attached hydrogen (secondary N) is 1. The normalized spacial score (nSPS) is 10.9. The Kier molecular flexibility index (Phi) is 5.98. The fourth-order valence-electron chi connectivity index (χ4n) is 3.86. The van der Waals surface area contributed by atoms with Crippen LogP contribution in [0.4, 0.5) is 0 Å². The van der Waals surface area contributed by atoms with Gasteiger partial charge in [0.15, 0.2) is 0 Å². The summed E-state index contributed by atoms with van der Waals surface area (Å²) < 4.78 is 3.83. The van der Waals surface area contributed by atoms with Gasteiger partial charge in [-0.05, 0) is 38.0 Å². The van der Waals surface area contributed by atoms with E-state index in [4.69, 9.17) is 0 Å². The number of carbonyl (C=O) groups is 1. The molecule has 0 spiro atoms. The highest BCUT2D eigenvalue weighted by Crippen LogP contribution is 2.18. The largest absolute Gasteiger partial charge is 0.348 e. The van der Waals surface area contributed by atoms with E-state index in [2.05, 4.69) is 34.6 Å². The number of amides is 1. The van der Waals surface area contributed by atoms with Crippen molar-refractivity contribution in [2.45, 2.75) is 40.3 Å². The average Bonchev–Trinajstić information content (AvgIpc) is 3.34. The summed E-state index contributed by atoms with van der Waals surface area (Å²) >= 11 is 0. The molecule has 1 N–H and O–H groups in total. The average molecular weight is 414 g/mol. The van der Waals surface area contributed by atoms with Crippen molar-refractivity contribution < 1.29 is 4.79 Å². The standard InChI is InChI=1S/C25H27N5O/c1-4-24-23(16-27-30(24)21-13-9-6-10-14-21)25(31)26-15-22-18(2)28-29(19(22)3)17-20-11-7-5-8-12-20/h5-14,16H,4,15,17H2,1-3H3,(H,26,31). The van der Waals surface area contributed by atoms with Gasteiger partial charge in [-0.3, -0.25) is 9.48 Å². The molecule has 158 valence electrons. The van der Waals surface area contributed by atoms with Gasteiger partial charge in [-0.1, -0.05) is 55.5 Å². The van der Waals surface area contributed by atoms with Gasteiger partial charge in [0.25, 0.3) is 5.91 Å². The Labute approximate surface area is 182 Å². The number of para-hydroxylation sites is 1. The lowest BCUT2D eigenvalue weighted by Crippen LogP contribution is -2.24. The highest BCUT2D eigenvalue weighted by atomic mass is 16.1. The fourth-order valence-corrected chi connectivity index (χ4v) is 3.86. The van der Waals surface area contributed by atoms with E-state index in [-0.39, 0.29) is 5.91 Å². The van der Waals surface area contributed by atoms with E-state index < -0.39 is 0 Å². The molecule has 0 unspecified atom stereocenters. The van der Waals surface area contributed by atoms with E-state index in [0.717, 1.165) is 28.3 Å². The Hall–Kier alpha value is -3.67. The molecule has 2 heterocycles. The summed E-state index contributed by atoms with van der Waals surface area (Å²) in [6.45, 7) is 7.22. The first-order valence-corrected chi connectivity index (χ1v) is 10.6. The molecule has 31 heavy (non-hydrogen) atoms. The van der Waals surface area contributed by atoms with Crippen molar-refractivity contribution in [1.82, 2.24) is 24.9 Å². The van der Waals surface area contributed by atoms with Gasteiger partial charge in [0, 0.05) is 17.8 Å². The second-order valence-electron chi connectivity index (χ2n) is 7.58. The second-order valence-corrected chi connectivity index (χ2v) is 7.58. The maximum Gasteiger partial charge on any atom is 0.255 e. The number of hydrogen-bond acceptors (Lipinski definition) is 3. The van der Waals surface area contributed by atoms with Crippen molar-refractivity contribution in [3.63, 3.8) is 0 Å². The Morgan fingerprint density at radius 3 is 2.35 bits per heavy atom. The molecule has 0 fully saturated rings. The summed E-state index contributed by atoms with van der Waals surface area (Å²) in [5.41, 5.74) is 6.71. The third-order valence-electron chi connectivity index (χ3n) is 5.58. The van der Waals surface area contributed by atoms with E-state index in [1.807, 2.05) is 71.7 Å². The lowest BCUT2D eigenvalue weighted by atomic mass is 10.1. The number of aryl methyl sites for hydroxylation is 1. The quantitative estimate of drug-likeness (QED) is 0.493. The van der Waals surface area contributed by atoms with Crippen LogP contribution in [0.2, 0.25) is 0 Å². The van der Waals surface area contributed by atoms with Crippen LogP contribution in [-0.2, 0) is 19.5 Å². The Morgan fingerprint density at radius 1 is 1.00 bits per heavy atom. The molecule has 2 aromatic heterocycles. The first-order chi connectivity index (χ1) is 15.1. The molecule has 0 atom stereocenters. The van der Waals surface area contributed by atoms with Crippen molar-refractivity contribution in [3.8, 4) is 5.69 Å². The first kappa shape index (κ1) is 20.6. The number of benzene rings is 2.